The second-order valence-electron chi connectivity index (χ2n) is 11.5. The first-order valence-electron chi connectivity index (χ1n) is 22.0. The van der Waals surface area contributed by atoms with Crippen molar-refractivity contribution in [2.45, 2.75) is 0 Å². The second kappa shape index (κ2) is 11.0. The summed E-state index contributed by atoms with van der Waals surface area (Å²) in [5, 5.41) is 3.94. The first-order valence-corrected chi connectivity index (χ1v) is 15.5. The molecule has 3 nitrogen and oxygen atoms in total. The minimum absolute atomic E-state index is 0.0321. The SMILES string of the molecule is [2H]c1c([2H])c([2H])c(-c2c([2H])c([2H])c(N(c3c([2H])c([2H])c(-c4cccc5oc6ccccc6c45)c([2H])c3[2H])c3cccc4oc5c6ccccc6ccc5c34)c([2H])c2[2H])c([2H])c1[2H]. The minimum Gasteiger partial charge on any atom is -0.456 e. The minimum atomic E-state index is -0.759. The van der Waals surface area contributed by atoms with Crippen molar-refractivity contribution in [2.24, 2.45) is 0 Å². The molecule has 0 amide bonds. The van der Waals surface area contributed by atoms with Crippen molar-refractivity contribution in [3.05, 3.63) is 176 Å². The monoisotopic (exact) mass is 640 g/mol. The van der Waals surface area contributed by atoms with E-state index in [1.54, 1.807) is 42.5 Å². The number of para-hydroxylation sites is 1. The summed E-state index contributed by atoms with van der Waals surface area (Å²) in [6.07, 6.45) is 0. The van der Waals surface area contributed by atoms with Gasteiger partial charge < -0.3 is 13.7 Å². The molecule has 10 aromatic rings. The van der Waals surface area contributed by atoms with E-state index in [0.29, 0.717) is 49.4 Å². The average Bonchev–Trinajstić information content (AvgIpc) is 3.86. The molecule has 0 radical (unpaired) electrons. The van der Waals surface area contributed by atoms with Gasteiger partial charge >= 0.3 is 0 Å². The quantitative estimate of drug-likeness (QED) is 0.187. The molecule has 0 atom stereocenters. The van der Waals surface area contributed by atoms with Crippen molar-refractivity contribution >= 4 is 71.7 Å². The van der Waals surface area contributed by atoms with Crippen LogP contribution in [0.4, 0.5) is 17.1 Å². The molecule has 0 aliphatic rings. The highest BCUT2D eigenvalue weighted by Crippen LogP contribution is 2.45. The molecule has 0 unspecified atom stereocenters. The van der Waals surface area contributed by atoms with Gasteiger partial charge in [0, 0.05) is 32.9 Å². The second-order valence-corrected chi connectivity index (χ2v) is 11.5. The summed E-state index contributed by atoms with van der Waals surface area (Å²) in [6.45, 7) is 0. The number of hydrogen-bond donors (Lipinski definition) is 0. The number of hydrogen-bond acceptors (Lipinski definition) is 3. The number of nitrogens with zero attached hydrogens (tertiary/aromatic N) is 1. The number of fused-ring (bicyclic) bond motifs is 8. The molecule has 49 heavy (non-hydrogen) atoms. The Morgan fingerprint density at radius 3 is 1.86 bits per heavy atom. The summed E-state index contributed by atoms with van der Waals surface area (Å²) >= 11 is 0. The fraction of sp³-hybridized carbons (Fsp3) is 0. The van der Waals surface area contributed by atoms with Crippen LogP contribution in [0, 0.1) is 0 Å². The lowest BCUT2D eigenvalue weighted by Crippen LogP contribution is -2.10. The largest absolute Gasteiger partial charge is 0.456 e. The van der Waals surface area contributed by atoms with Crippen LogP contribution in [0.3, 0.4) is 0 Å². The highest BCUT2D eigenvalue weighted by molar-refractivity contribution is 6.19. The summed E-state index contributed by atoms with van der Waals surface area (Å²) in [7, 11) is 0. The van der Waals surface area contributed by atoms with Crippen molar-refractivity contribution in [3.63, 3.8) is 0 Å². The molecule has 0 spiro atoms. The van der Waals surface area contributed by atoms with E-state index in [2.05, 4.69) is 0 Å². The standard InChI is InChI=1S/C46H29NO2/c1-2-10-30(11-3-1)31-20-25-34(26-21-31)47(40-16-9-19-43-45(40)39-29-24-32-12-4-5-13-37(32)46(39)49-43)35-27-22-33(23-28-35)36-15-8-18-42-44(36)38-14-6-7-17-41(38)48-42/h1-29H/i1D,2D,3D,10D,11D,20D,21D,22D,23D,25D,26D,27D,28D. The van der Waals surface area contributed by atoms with E-state index in [1.165, 1.54) is 4.90 Å². The van der Waals surface area contributed by atoms with Gasteiger partial charge in [0.1, 0.15) is 22.3 Å². The van der Waals surface area contributed by atoms with E-state index in [0.717, 1.165) is 10.8 Å². The topological polar surface area (TPSA) is 29.5 Å². The average molecular weight is 641 g/mol. The molecule has 2 heterocycles. The number of furan rings is 2. The molecule has 0 saturated carbocycles. The molecule has 0 fully saturated rings. The van der Waals surface area contributed by atoms with E-state index in [4.69, 9.17) is 15.7 Å². The van der Waals surface area contributed by atoms with Crippen molar-refractivity contribution in [3.8, 4) is 22.3 Å². The molecule has 10 rings (SSSR count). The van der Waals surface area contributed by atoms with E-state index in [9.17, 15) is 11.0 Å². The van der Waals surface area contributed by atoms with Gasteiger partial charge in [-0.2, -0.15) is 0 Å². The third-order valence-electron chi connectivity index (χ3n) is 8.70. The van der Waals surface area contributed by atoms with Gasteiger partial charge in [-0.1, -0.05) is 121 Å². The highest BCUT2D eigenvalue weighted by Gasteiger charge is 2.21. The van der Waals surface area contributed by atoms with Crippen LogP contribution >= 0.6 is 0 Å². The molecule has 0 aliphatic carbocycles. The summed E-state index contributed by atoms with van der Waals surface area (Å²) in [4.78, 5) is 1.18. The fourth-order valence-electron chi connectivity index (χ4n) is 6.53. The van der Waals surface area contributed by atoms with Crippen LogP contribution in [0.5, 0.6) is 0 Å². The van der Waals surface area contributed by atoms with Crippen LogP contribution in [0.1, 0.15) is 17.8 Å². The molecule has 8 aromatic carbocycles. The Labute approximate surface area is 301 Å². The Balaban J connectivity index is 1.32. The molecule has 2 aromatic heterocycles. The highest BCUT2D eigenvalue weighted by atomic mass is 16.3. The summed E-state index contributed by atoms with van der Waals surface area (Å²) in [6, 6.07) is 20.0. The predicted molar refractivity (Wildman–Crippen MR) is 204 cm³/mol. The van der Waals surface area contributed by atoms with E-state index in [1.807, 2.05) is 54.6 Å². The van der Waals surface area contributed by atoms with Crippen LogP contribution < -0.4 is 4.90 Å². The van der Waals surface area contributed by atoms with Crippen molar-refractivity contribution < 1.29 is 26.7 Å². The van der Waals surface area contributed by atoms with Crippen LogP contribution in [0.25, 0.3) is 76.9 Å². The Morgan fingerprint density at radius 2 is 1.06 bits per heavy atom. The van der Waals surface area contributed by atoms with Crippen molar-refractivity contribution in [1.82, 2.24) is 0 Å². The lowest BCUT2D eigenvalue weighted by molar-refractivity contribution is 0.669. The zero-order valence-corrected chi connectivity index (χ0v) is 25.5. The van der Waals surface area contributed by atoms with Crippen LogP contribution in [-0.4, -0.2) is 0 Å². The Bertz CT molecular complexity index is 3510. The van der Waals surface area contributed by atoms with Crippen LogP contribution in [-0.2, 0) is 0 Å². The molecule has 0 saturated heterocycles. The van der Waals surface area contributed by atoms with E-state index >= 15 is 0 Å². The molecular weight excluding hydrogens is 599 g/mol. The van der Waals surface area contributed by atoms with Gasteiger partial charge in [0.15, 0.2) is 0 Å². The van der Waals surface area contributed by atoms with E-state index in [-0.39, 0.29) is 11.3 Å². The van der Waals surface area contributed by atoms with Gasteiger partial charge in [-0.3, -0.25) is 0 Å². The van der Waals surface area contributed by atoms with Gasteiger partial charge in [0.2, 0.25) is 0 Å². The first-order chi connectivity index (χ1) is 29.7. The molecule has 230 valence electrons. The summed E-state index contributed by atoms with van der Waals surface area (Å²) in [5.74, 6) is 0. The Hall–Kier alpha value is -6.58. The smallest absolute Gasteiger partial charge is 0.143 e. The molecule has 0 bridgehead atoms. The summed E-state index contributed by atoms with van der Waals surface area (Å²) < 4.78 is 130. The van der Waals surface area contributed by atoms with Gasteiger partial charge in [0.05, 0.1) is 28.9 Å². The molecule has 0 aliphatic heterocycles. The Morgan fingerprint density at radius 1 is 0.429 bits per heavy atom. The van der Waals surface area contributed by atoms with Gasteiger partial charge in [-0.05, 0) is 82.1 Å². The summed E-state index contributed by atoms with van der Waals surface area (Å²) in [5.41, 5.74) is 0.417. The maximum atomic E-state index is 9.67. The third kappa shape index (κ3) is 4.44. The first kappa shape index (κ1) is 17.5. The molecular formula is C46H29NO2. The lowest BCUT2D eigenvalue weighted by atomic mass is 9.98. The van der Waals surface area contributed by atoms with Gasteiger partial charge in [0.25, 0.3) is 0 Å². The predicted octanol–water partition coefficient (Wildman–Crippen LogP) is 13.4. The van der Waals surface area contributed by atoms with Gasteiger partial charge in [-0.15, -0.1) is 0 Å². The lowest BCUT2D eigenvalue weighted by Gasteiger charge is -2.26. The maximum Gasteiger partial charge on any atom is 0.143 e. The third-order valence-corrected chi connectivity index (χ3v) is 8.70. The van der Waals surface area contributed by atoms with Gasteiger partial charge in [-0.25, -0.2) is 0 Å². The number of anilines is 3. The normalized spacial score (nSPS) is 15.4. The zero-order valence-electron chi connectivity index (χ0n) is 38.5. The van der Waals surface area contributed by atoms with Crippen molar-refractivity contribution in [2.75, 3.05) is 4.90 Å². The number of rotatable bonds is 5. The fourth-order valence-corrected chi connectivity index (χ4v) is 6.53. The van der Waals surface area contributed by atoms with Crippen LogP contribution in [0.2, 0.25) is 0 Å². The molecule has 0 N–H and O–H groups in total. The van der Waals surface area contributed by atoms with Crippen LogP contribution in [0.15, 0.2) is 184 Å². The molecule has 3 heteroatoms. The maximum absolute atomic E-state index is 9.67. The number of benzene rings is 8. The zero-order chi connectivity index (χ0) is 43.6. The van der Waals surface area contributed by atoms with E-state index < -0.39 is 101 Å². The Kier molecular flexibility index (Phi) is 3.94. The van der Waals surface area contributed by atoms with Crippen molar-refractivity contribution in [1.29, 1.82) is 0 Å².